The van der Waals surface area contributed by atoms with E-state index in [0.29, 0.717) is 16.7 Å². The molecule has 1 aliphatic heterocycles. The molecule has 2 aromatic heterocycles. The van der Waals surface area contributed by atoms with Crippen LogP contribution in [0, 0.1) is 0 Å². The molecule has 0 aliphatic carbocycles. The van der Waals surface area contributed by atoms with Crippen LogP contribution in [0.25, 0.3) is 16.6 Å². The monoisotopic (exact) mass is 372 g/mol. The van der Waals surface area contributed by atoms with Crippen LogP contribution in [0.1, 0.15) is 30.0 Å². The Morgan fingerprint density at radius 3 is 2.60 bits per heavy atom. The topological polar surface area (TPSA) is 62.2 Å². The molecule has 2 N–H and O–H groups in total. The van der Waals surface area contributed by atoms with Gasteiger partial charge in [-0.25, -0.2) is 4.52 Å². The van der Waals surface area contributed by atoms with Crippen LogP contribution >= 0.6 is 12.4 Å². The molecule has 3 heterocycles. The van der Waals surface area contributed by atoms with Crippen molar-refractivity contribution in [3.05, 3.63) is 45.9 Å². The molecule has 0 unspecified atom stereocenters. The smallest absolute Gasteiger partial charge is 0.317 e. The van der Waals surface area contributed by atoms with Crippen LogP contribution in [0.3, 0.4) is 0 Å². The summed E-state index contributed by atoms with van der Waals surface area (Å²) in [6.07, 6.45) is -2.85. The SMILES string of the molecule is Cl.O=c1cc(C2CCNCC2)n2nc3c(C(F)(F)F)cccc3c2[nH]1. The highest BCUT2D eigenvalue weighted by Gasteiger charge is 2.34. The van der Waals surface area contributed by atoms with E-state index in [1.165, 1.54) is 16.6 Å². The van der Waals surface area contributed by atoms with Gasteiger partial charge in [-0.2, -0.15) is 18.3 Å². The molecule has 25 heavy (non-hydrogen) atoms. The second kappa shape index (κ2) is 6.34. The molecule has 3 aromatic rings. The number of piperidine rings is 1. The number of nitrogens with one attached hydrogen (secondary N) is 2. The third-order valence-electron chi connectivity index (χ3n) is 4.53. The Morgan fingerprint density at radius 2 is 1.92 bits per heavy atom. The number of aromatic amines is 1. The highest BCUT2D eigenvalue weighted by atomic mass is 35.5. The molecular weight excluding hydrogens is 357 g/mol. The van der Waals surface area contributed by atoms with E-state index < -0.39 is 11.7 Å². The van der Waals surface area contributed by atoms with Crippen LogP contribution in [-0.2, 0) is 6.18 Å². The van der Waals surface area contributed by atoms with E-state index >= 15 is 0 Å². The van der Waals surface area contributed by atoms with Gasteiger partial charge in [0.2, 0.25) is 0 Å². The fourth-order valence-corrected chi connectivity index (χ4v) is 3.40. The molecule has 9 heteroatoms. The summed E-state index contributed by atoms with van der Waals surface area (Å²) in [4.78, 5) is 14.7. The summed E-state index contributed by atoms with van der Waals surface area (Å²) in [5.74, 6) is 0.0969. The first-order valence-corrected chi connectivity index (χ1v) is 7.78. The average Bonchev–Trinajstić information content (AvgIpc) is 2.92. The van der Waals surface area contributed by atoms with Crippen LogP contribution in [0.5, 0.6) is 0 Å². The molecule has 0 spiro atoms. The van der Waals surface area contributed by atoms with Gasteiger partial charge in [-0.15, -0.1) is 12.4 Å². The summed E-state index contributed by atoms with van der Waals surface area (Å²) in [7, 11) is 0. The summed E-state index contributed by atoms with van der Waals surface area (Å²) < 4.78 is 41.2. The van der Waals surface area contributed by atoms with E-state index in [9.17, 15) is 18.0 Å². The molecule has 1 aliphatic rings. The maximum atomic E-state index is 13.3. The van der Waals surface area contributed by atoms with Crippen molar-refractivity contribution in [2.75, 3.05) is 13.1 Å². The van der Waals surface area contributed by atoms with Crippen molar-refractivity contribution in [3.8, 4) is 0 Å². The van der Waals surface area contributed by atoms with Gasteiger partial charge in [0.15, 0.2) is 0 Å². The predicted octanol–water partition coefficient (Wildman–Crippen LogP) is 3.08. The number of fused-ring (bicyclic) bond motifs is 3. The minimum Gasteiger partial charge on any atom is -0.317 e. The minimum absolute atomic E-state index is 0. The van der Waals surface area contributed by atoms with E-state index in [2.05, 4.69) is 15.4 Å². The van der Waals surface area contributed by atoms with Crippen LogP contribution in [-0.4, -0.2) is 27.7 Å². The van der Waals surface area contributed by atoms with Gasteiger partial charge in [0.25, 0.3) is 5.56 Å². The minimum atomic E-state index is -4.49. The van der Waals surface area contributed by atoms with Crippen LogP contribution in [0.4, 0.5) is 13.2 Å². The average molecular weight is 373 g/mol. The van der Waals surface area contributed by atoms with Crippen molar-refractivity contribution >= 4 is 29.0 Å². The Labute approximate surface area is 146 Å². The van der Waals surface area contributed by atoms with Crippen LogP contribution in [0.15, 0.2) is 29.1 Å². The van der Waals surface area contributed by atoms with Crippen molar-refractivity contribution < 1.29 is 13.2 Å². The van der Waals surface area contributed by atoms with Crippen molar-refractivity contribution in [2.45, 2.75) is 24.9 Å². The van der Waals surface area contributed by atoms with Gasteiger partial charge in [0, 0.05) is 17.4 Å². The molecule has 0 saturated carbocycles. The highest BCUT2D eigenvalue weighted by molar-refractivity contribution is 5.94. The second-order valence-electron chi connectivity index (χ2n) is 6.04. The summed E-state index contributed by atoms with van der Waals surface area (Å²) in [5.41, 5.74) is -0.269. The number of benzene rings is 1. The Bertz CT molecular complexity index is 973. The van der Waals surface area contributed by atoms with Gasteiger partial charge in [0.05, 0.1) is 11.3 Å². The molecule has 0 radical (unpaired) electrons. The zero-order valence-electron chi connectivity index (χ0n) is 13.1. The predicted molar refractivity (Wildman–Crippen MR) is 90.4 cm³/mol. The number of halogens is 4. The van der Waals surface area contributed by atoms with Gasteiger partial charge < -0.3 is 10.3 Å². The summed E-state index contributed by atoms with van der Waals surface area (Å²) in [6.45, 7) is 1.63. The normalized spacial score (nSPS) is 16.3. The van der Waals surface area contributed by atoms with Gasteiger partial charge in [0.1, 0.15) is 11.2 Å². The number of H-pyrrole nitrogens is 1. The van der Waals surface area contributed by atoms with Crippen LogP contribution in [0.2, 0.25) is 0 Å². The van der Waals surface area contributed by atoms with Crippen molar-refractivity contribution in [1.82, 2.24) is 19.9 Å². The summed E-state index contributed by atoms with van der Waals surface area (Å²) in [5, 5.41) is 7.75. The molecule has 0 bridgehead atoms. The van der Waals surface area contributed by atoms with Crippen molar-refractivity contribution in [1.29, 1.82) is 0 Å². The lowest BCUT2D eigenvalue weighted by atomic mass is 9.94. The summed E-state index contributed by atoms with van der Waals surface area (Å²) in [6, 6.07) is 5.34. The number of nitrogens with zero attached hydrogens (tertiary/aromatic N) is 2. The lowest BCUT2D eigenvalue weighted by molar-refractivity contribution is -0.136. The first kappa shape index (κ1) is 17.8. The van der Waals surface area contributed by atoms with E-state index in [4.69, 9.17) is 0 Å². The zero-order valence-corrected chi connectivity index (χ0v) is 13.9. The molecule has 4 rings (SSSR count). The van der Waals surface area contributed by atoms with Gasteiger partial charge in [-0.05, 0) is 38.1 Å². The van der Waals surface area contributed by atoms with E-state index in [-0.39, 0.29) is 29.4 Å². The molecule has 1 saturated heterocycles. The Morgan fingerprint density at radius 1 is 1.20 bits per heavy atom. The molecule has 134 valence electrons. The maximum Gasteiger partial charge on any atom is 0.418 e. The first-order chi connectivity index (χ1) is 11.4. The van der Waals surface area contributed by atoms with E-state index in [1.54, 1.807) is 6.07 Å². The third kappa shape index (κ3) is 3.00. The first-order valence-electron chi connectivity index (χ1n) is 7.78. The number of hydrogen-bond acceptors (Lipinski definition) is 3. The third-order valence-corrected chi connectivity index (χ3v) is 4.53. The molecule has 0 atom stereocenters. The standard InChI is InChI=1S/C16H15F3N4O.ClH/c17-16(18,19)11-3-1-2-10-14(11)22-23-12(8-13(24)21-15(10)23)9-4-6-20-7-5-9;/h1-3,8-9,20H,4-7H2,(H,21,24);1H. The Balaban J connectivity index is 0.00000182. The molecule has 5 nitrogen and oxygen atoms in total. The van der Waals surface area contributed by atoms with E-state index in [1.807, 2.05) is 0 Å². The number of aromatic nitrogens is 3. The van der Waals surface area contributed by atoms with Crippen molar-refractivity contribution in [2.24, 2.45) is 0 Å². The van der Waals surface area contributed by atoms with Gasteiger partial charge in [-0.3, -0.25) is 4.79 Å². The summed E-state index contributed by atoms with van der Waals surface area (Å²) >= 11 is 0. The number of hydrogen-bond donors (Lipinski definition) is 2. The Kier molecular flexibility index (Phi) is 4.51. The molecule has 0 amide bonds. The van der Waals surface area contributed by atoms with Crippen LogP contribution < -0.4 is 10.9 Å². The fourth-order valence-electron chi connectivity index (χ4n) is 3.40. The second-order valence-corrected chi connectivity index (χ2v) is 6.04. The lowest BCUT2D eigenvalue weighted by Gasteiger charge is -2.23. The Hall–Kier alpha value is -2.06. The lowest BCUT2D eigenvalue weighted by Crippen LogP contribution is -2.28. The number of alkyl halides is 3. The maximum absolute atomic E-state index is 13.3. The molecule has 1 aromatic carbocycles. The molecular formula is C16H16ClF3N4O. The van der Waals surface area contributed by atoms with Gasteiger partial charge >= 0.3 is 6.18 Å². The zero-order chi connectivity index (χ0) is 16.9. The molecule has 1 fully saturated rings. The number of rotatable bonds is 1. The fraction of sp³-hybridized carbons (Fsp3) is 0.375. The quantitative estimate of drug-likeness (QED) is 0.690. The van der Waals surface area contributed by atoms with Crippen molar-refractivity contribution in [3.63, 3.8) is 0 Å². The van der Waals surface area contributed by atoms with E-state index in [0.717, 1.165) is 32.0 Å². The van der Waals surface area contributed by atoms with Gasteiger partial charge in [-0.1, -0.05) is 6.07 Å². The highest BCUT2D eigenvalue weighted by Crippen LogP contribution is 2.35. The largest absolute Gasteiger partial charge is 0.418 e.